The fourth-order valence-corrected chi connectivity index (χ4v) is 2.21. The number of nitrogens with zero attached hydrogens (tertiary/aromatic N) is 1. The van der Waals surface area contributed by atoms with Crippen LogP contribution in [-0.2, 0) is 0 Å². The largest absolute Gasteiger partial charge is 0.314 e. The molecule has 1 fully saturated rings. The van der Waals surface area contributed by atoms with Gasteiger partial charge in [-0.05, 0) is 58.2 Å². The lowest BCUT2D eigenvalue weighted by molar-refractivity contribution is 0.158. The Morgan fingerprint density at radius 3 is 2.06 bits per heavy atom. The summed E-state index contributed by atoms with van der Waals surface area (Å²) in [5, 5.41) is 3.74. The Morgan fingerprint density at radius 1 is 1.06 bits per heavy atom. The second-order valence-electron chi connectivity index (χ2n) is 6.03. The molecule has 0 aromatic carbocycles. The van der Waals surface area contributed by atoms with Crippen molar-refractivity contribution in [2.24, 2.45) is 11.8 Å². The minimum atomic E-state index is 0.718. The normalized spacial score (nSPS) is 21.9. The van der Waals surface area contributed by atoms with Crippen LogP contribution in [0.4, 0.5) is 0 Å². The van der Waals surface area contributed by atoms with E-state index in [0.29, 0.717) is 0 Å². The zero-order chi connectivity index (χ0) is 12.1. The molecule has 0 aromatic rings. The van der Waals surface area contributed by atoms with Crippen LogP contribution in [0.2, 0.25) is 0 Å². The van der Waals surface area contributed by atoms with Crippen LogP contribution >= 0.6 is 0 Å². The molecule has 0 bridgehead atoms. The molecule has 16 heavy (non-hydrogen) atoms. The predicted molar refractivity (Wildman–Crippen MR) is 71.7 cm³/mol. The fraction of sp³-hybridized carbons (Fsp3) is 1.00. The van der Waals surface area contributed by atoms with Gasteiger partial charge in [0, 0.05) is 12.1 Å². The van der Waals surface area contributed by atoms with Crippen molar-refractivity contribution in [2.75, 3.05) is 19.6 Å². The van der Waals surface area contributed by atoms with Crippen molar-refractivity contribution in [1.82, 2.24) is 10.2 Å². The summed E-state index contributed by atoms with van der Waals surface area (Å²) in [7, 11) is 0. The highest BCUT2D eigenvalue weighted by molar-refractivity contribution is 4.79. The maximum absolute atomic E-state index is 3.74. The zero-order valence-corrected chi connectivity index (χ0v) is 11.8. The molecule has 1 rings (SSSR count). The molecule has 1 aliphatic heterocycles. The Kier molecular flexibility index (Phi) is 5.77. The van der Waals surface area contributed by atoms with Gasteiger partial charge in [-0.3, -0.25) is 0 Å². The molecule has 0 saturated carbocycles. The Bertz CT molecular complexity index is 181. The minimum absolute atomic E-state index is 0.718. The van der Waals surface area contributed by atoms with Crippen molar-refractivity contribution >= 4 is 0 Å². The predicted octanol–water partition coefficient (Wildman–Crippen LogP) is 2.74. The van der Waals surface area contributed by atoms with E-state index in [1.165, 1.54) is 32.5 Å². The maximum Gasteiger partial charge on any atom is 0.00915 e. The summed E-state index contributed by atoms with van der Waals surface area (Å²) in [5.74, 6) is 1.59. The molecule has 1 unspecified atom stereocenters. The molecular formula is C14H30N2. The van der Waals surface area contributed by atoms with E-state index in [9.17, 15) is 0 Å². The van der Waals surface area contributed by atoms with Crippen LogP contribution < -0.4 is 5.32 Å². The van der Waals surface area contributed by atoms with Gasteiger partial charge < -0.3 is 10.2 Å². The lowest BCUT2D eigenvalue weighted by atomic mass is 9.96. The maximum atomic E-state index is 3.74. The third-order valence-electron chi connectivity index (χ3n) is 4.13. The SMILES string of the molecule is CC(C)C(C)CNC1CCN(C(C)C)CC1. The molecule has 1 atom stereocenters. The summed E-state index contributed by atoms with van der Waals surface area (Å²) in [6.45, 7) is 15.3. The number of hydrogen-bond acceptors (Lipinski definition) is 2. The average Bonchev–Trinajstić information content (AvgIpc) is 2.26. The van der Waals surface area contributed by atoms with Crippen molar-refractivity contribution in [3.63, 3.8) is 0 Å². The number of rotatable bonds is 5. The molecule has 0 aliphatic carbocycles. The van der Waals surface area contributed by atoms with Crippen LogP contribution in [0, 0.1) is 11.8 Å². The van der Waals surface area contributed by atoms with Gasteiger partial charge in [0.15, 0.2) is 0 Å². The fourth-order valence-electron chi connectivity index (χ4n) is 2.21. The molecule has 96 valence electrons. The molecule has 0 amide bonds. The molecule has 1 saturated heterocycles. The minimum Gasteiger partial charge on any atom is -0.314 e. The van der Waals surface area contributed by atoms with E-state index >= 15 is 0 Å². The van der Waals surface area contributed by atoms with Crippen LogP contribution in [0.15, 0.2) is 0 Å². The Morgan fingerprint density at radius 2 is 1.62 bits per heavy atom. The lowest BCUT2D eigenvalue weighted by Crippen LogP contribution is -2.46. The van der Waals surface area contributed by atoms with Crippen LogP contribution in [0.5, 0.6) is 0 Å². The van der Waals surface area contributed by atoms with E-state index in [0.717, 1.165) is 23.9 Å². The molecule has 1 N–H and O–H groups in total. The lowest BCUT2D eigenvalue weighted by Gasteiger charge is -2.35. The second-order valence-corrected chi connectivity index (χ2v) is 6.03. The van der Waals surface area contributed by atoms with Gasteiger partial charge in [0.05, 0.1) is 0 Å². The summed E-state index contributed by atoms with van der Waals surface area (Å²) in [6, 6.07) is 1.48. The van der Waals surface area contributed by atoms with E-state index in [2.05, 4.69) is 44.8 Å². The summed E-state index contributed by atoms with van der Waals surface area (Å²) < 4.78 is 0. The van der Waals surface area contributed by atoms with Crippen molar-refractivity contribution < 1.29 is 0 Å². The Balaban J connectivity index is 2.17. The van der Waals surface area contributed by atoms with Crippen LogP contribution in [0.3, 0.4) is 0 Å². The summed E-state index contributed by atoms with van der Waals surface area (Å²) in [4.78, 5) is 2.59. The Hall–Kier alpha value is -0.0800. The molecule has 0 spiro atoms. The first-order valence-electron chi connectivity index (χ1n) is 6.98. The number of nitrogens with one attached hydrogen (secondary N) is 1. The van der Waals surface area contributed by atoms with Crippen molar-refractivity contribution in [3.05, 3.63) is 0 Å². The van der Waals surface area contributed by atoms with E-state index in [1.54, 1.807) is 0 Å². The third-order valence-corrected chi connectivity index (χ3v) is 4.13. The smallest absolute Gasteiger partial charge is 0.00915 e. The first kappa shape index (κ1) is 14.0. The van der Waals surface area contributed by atoms with Crippen molar-refractivity contribution in [3.8, 4) is 0 Å². The molecular weight excluding hydrogens is 196 g/mol. The van der Waals surface area contributed by atoms with Gasteiger partial charge in [-0.15, -0.1) is 0 Å². The van der Waals surface area contributed by atoms with E-state index in [-0.39, 0.29) is 0 Å². The van der Waals surface area contributed by atoms with Crippen LogP contribution in [-0.4, -0.2) is 36.6 Å². The molecule has 2 heteroatoms. The highest BCUT2D eigenvalue weighted by atomic mass is 15.2. The number of likely N-dealkylation sites (tertiary alicyclic amines) is 1. The topological polar surface area (TPSA) is 15.3 Å². The summed E-state index contributed by atoms with van der Waals surface area (Å²) in [5.41, 5.74) is 0. The molecule has 1 heterocycles. The monoisotopic (exact) mass is 226 g/mol. The van der Waals surface area contributed by atoms with Gasteiger partial charge in [0.1, 0.15) is 0 Å². The second kappa shape index (κ2) is 6.61. The molecule has 1 aliphatic rings. The first-order valence-corrected chi connectivity index (χ1v) is 6.98. The highest BCUT2D eigenvalue weighted by Crippen LogP contribution is 2.14. The Labute approximate surface area is 102 Å². The first-order chi connectivity index (χ1) is 7.50. The zero-order valence-electron chi connectivity index (χ0n) is 11.8. The van der Waals surface area contributed by atoms with Gasteiger partial charge in [0.25, 0.3) is 0 Å². The van der Waals surface area contributed by atoms with Crippen LogP contribution in [0.25, 0.3) is 0 Å². The number of piperidine rings is 1. The van der Waals surface area contributed by atoms with Gasteiger partial charge in [-0.2, -0.15) is 0 Å². The van der Waals surface area contributed by atoms with Gasteiger partial charge in [-0.1, -0.05) is 20.8 Å². The molecule has 0 aromatic heterocycles. The van der Waals surface area contributed by atoms with Gasteiger partial charge in [0.2, 0.25) is 0 Å². The van der Waals surface area contributed by atoms with E-state index < -0.39 is 0 Å². The quantitative estimate of drug-likeness (QED) is 0.775. The average molecular weight is 226 g/mol. The summed E-state index contributed by atoms with van der Waals surface area (Å²) >= 11 is 0. The molecule has 2 nitrogen and oxygen atoms in total. The van der Waals surface area contributed by atoms with Gasteiger partial charge >= 0.3 is 0 Å². The standard InChI is InChI=1S/C14H30N2/c1-11(2)13(5)10-15-14-6-8-16(9-7-14)12(3)4/h11-15H,6-10H2,1-5H3. The number of hydrogen-bond donors (Lipinski definition) is 1. The van der Waals surface area contributed by atoms with E-state index in [4.69, 9.17) is 0 Å². The van der Waals surface area contributed by atoms with Crippen molar-refractivity contribution in [1.29, 1.82) is 0 Å². The third kappa shape index (κ3) is 4.42. The van der Waals surface area contributed by atoms with Crippen molar-refractivity contribution in [2.45, 2.75) is 59.5 Å². The van der Waals surface area contributed by atoms with Crippen LogP contribution in [0.1, 0.15) is 47.5 Å². The van der Waals surface area contributed by atoms with Gasteiger partial charge in [-0.25, -0.2) is 0 Å². The highest BCUT2D eigenvalue weighted by Gasteiger charge is 2.20. The van der Waals surface area contributed by atoms with E-state index in [1.807, 2.05) is 0 Å². The molecule has 0 radical (unpaired) electrons. The summed E-state index contributed by atoms with van der Waals surface area (Å²) in [6.07, 6.45) is 2.64.